The third-order valence-corrected chi connectivity index (χ3v) is 4.48. The largest absolute Gasteiger partial charge is 0.379 e. The Morgan fingerprint density at radius 3 is 2.77 bits per heavy atom. The highest BCUT2D eigenvalue weighted by Gasteiger charge is 2.09. The zero-order chi connectivity index (χ0) is 15.2. The zero-order valence-corrected chi connectivity index (χ0v) is 13.2. The van der Waals surface area contributed by atoms with Gasteiger partial charge in [0.1, 0.15) is 5.82 Å². The van der Waals surface area contributed by atoms with Crippen LogP contribution < -0.4 is 5.32 Å². The molecule has 1 aromatic carbocycles. The molecule has 1 aliphatic heterocycles. The Bertz CT molecular complexity index is 581. The summed E-state index contributed by atoms with van der Waals surface area (Å²) in [6.07, 6.45) is 1.09. The van der Waals surface area contributed by atoms with E-state index in [2.05, 4.69) is 15.2 Å². The van der Waals surface area contributed by atoms with E-state index in [0.29, 0.717) is 0 Å². The van der Waals surface area contributed by atoms with Gasteiger partial charge in [0.25, 0.3) is 0 Å². The van der Waals surface area contributed by atoms with Crippen LogP contribution in [0.1, 0.15) is 6.42 Å². The van der Waals surface area contributed by atoms with Crippen molar-refractivity contribution in [2.24, 2.45) is 0 Å². The van der Waals surface area contributed by atoms with Crippen LogP contribution in [-0.4, -0.2) is 49.3 Å². The van der Waals surface area contributed by atoms with Crippen molar-refractivity contribution in [3.8, 4) is 11.3 Å². The number of hydrogen-bond donors (Lipinski definition) is 1. The van der Waals surface area contributed by atoms with E-state index < -0.39 is 0 Å². The molecule has 118 valence electrons. The maximum Gasteiger partial charge on any atom is 0.183 e. The molecule has 2 heterocycles. The van der Waals surface area contributed by atoms with Gasteiger partial charge in [0.2, 0.25) is 0 Å². The Labute approximate surface area is 133 Å². The first-order valence-corrected chi connectivity index (χ1v) is 8.45. The summed E-state index contributed by atoms with van der Waals surface area (Å²) in [5.41, 5.74) is 1.83. The van der Waals surface area contributed by atoms with E-state index in [0.717, 1.165) is 62.2 Å². The molecule has 1 aliphatic rings. The average Bonchev–Trinajstić information content (AvgIpc) is 3.02. The summed E-state index contributed by atoms with van der Waals surface area (Å²) in [4.78, 5) is 6.97. The number of rotatable bonds is 6. The van der Waals surface area contributed by atoms with Gasteiger partial charge in [-0.05, 0) is 37.2 Å². The third kappa shape index (κ3) is 4.25. The van der Waals surface area contributed by atoms with Gasteiger partial charge in [0.05, 0.1) is 18.9 Å². The topological polar surface area (TPSA) is 37.4 Å². The Morgan fingerprint density at radius 1 is 1.23 bits per heavy atom. The van der Waals surface area contributed by atoms with Crippen LogP contribution in [0.25, 0.3) is 11.3 Å². The normalized spacial score (nSPS) is 15.9. The fourth-order valence-electron chi connectivity index (χ4n) is 2.43. The van der Waals surface area contributed by atoms with Crippen LogP contribution in [0.4, 0.5) is 9.52 Å². The Kier molecular flexibility index (Phi) is 5.37. The minimum absolute atomic E-state index is 0.222. The van der Waals surface area contributed by atoms with Crippen molar-refractivity contribution in [3.63, 3.8) is 0 Å². The van der Waals surface area contributed by atoms with Crippen molar-refractivity contribution in [1.82, 2.24) is 9.88 Å². The molecule has 0 radical (unpaired) electrons. The van der Waals surface area contributed by atoms with E-state index in [1.54, 1.807) is 23.5 Å². The minimum Gasteiger partial charge on any atom is -0.379 e. The van der Waals surface area contributed by atoms with Gasteiger partial charge in [-0.3, -0.25) is 4.90 Å². The van der Waals surface area contributed by atoms with E-state index in [9.17, 15) is 4.39 Å². The van der Waals surface area contributed by atoms with E-state index in [1.165, 1.54) is 12.1 Å². The molecular formula is C16H20FN3OS. The first kappa shape index (κ1) is 15.4. The number of halogens is 1. The van der Waals surface area contributed by atoms with Crippen molar-refractivity contribution < 1.29 is 9.13 Å². The summed E-state index contributed by atoms with van der Waals surface area (Å²) in [5, 5.41) is 6.28. The van der Waals surface area contributed by atoms with Crippen LogP contribution in [-0.2, 0) is 4.74 Å². The summed E-state index contributed by atoms with van der Waals surface area (Å²) in [6.45, 7) is 5.76. The highest BCUT2D eigenvalue weighted by atomic mass is 32.1. The summed E-state index contributed by atoms with van der Waals surface area (Å²) in [6, 6.07) is 6.44. The first-order chi connectivity index (χ1) is 10.8. The highest BCUT2D eigenvalue weighted by molar-refractivity contribution is 7.14. The van der Waals surface area contributed by atoms with Gasteiger partial charge in [-0.1, -0.05) is 0 Å². The number of hydrogen-bond acceptors (Lipinski definition) is 5. The van der Waals surface area contributed by atoms with Crippen LogP contribution in [0.2, 0.25) is 0 Å². The fourth-order valence-corrected chi connectivity index (χ4v) is 3.18. The van der Waals surface area contributed by atoms with Crippen molar-refractivity contribution in [3.05, 3.63) is 35.5 Å². The van der Waals surface area contributed by atoms with Crippen molar-refractivity contribution in [2.75, 3.05) is 44.7 Å². The monoisotopic (exact) mass is 321 g/mol. The van der Waals surface area contributed by atoms with Crippen LogP contribution in [0.3, 0.4) is 0 Å². The molecular weight excluding hydrogens is 301 g/mol. The predicted molar refractivity (Wildman–Crippen MR) is 87.9 cm³/mol. The average molecular weight is 321 g/mol. The molecule has 4 nitrogen and oxygen atoms in total. The Hall–Kier alpha value is -1.50. The summed E-state index contributed by atoms with van der Waals surface area (Å²) in [7, 11) is 0. The second-order valence-corrected chi connectivity index (χ2v) is 6.14. The van der Waals surface area contributed by atoms with Gasteiger partial charge in [0, 0.05) is 30.6 Å². The summed E-state index contributed by atoms with van der Waals surface area (Å²) >= 11 is 1.59. The fraction of sp³-hybridized carbons (Fsp3) is 0.438. The number of aromatic nitrogens is 1. The molecule has 1 fully saturated rings. The van der Waals surface area contributed by atoms with E-state index >= 15 is 0 Å². The Morgan fingerprint density at radius 2 is 2.00 bits per heavy atom. The Balaban J connectivity index is 1.44. The molecule has 0 amide bonds. The van der Waals surface area contributed by atoms with E-state index in [1.807, 2.05) is 5.38 Å². The van der Waals surface area contributed by atoms with Gasteiger partial charge in [0.15, 0.2) is 5.13 Å². The van der Waals surface area contributed by atoms with Crippen molar-refractivity contribution >= 4 is 16.5 Å². The lowest BCUT2D eigenvalue weighted by Gasteiger charge is -2.26. The predicted octanol–water partition coefficient (Wildman–Crippen LogP) is 3.08. The van der Waals surface area contributed by atoms with Gasteiger partial charge < -0.3 is 10.1 Å². The zero-order valence-electron chi connectivity index (χ0n) is 12.4. The minimum atomic E-state index is -0.222. The number of ether oxygens (including phenoxy) is 1. The number of anilines is 1. The van der Waals surface area contributed by atoms with Crippen LogP contribution in [0.5, 0.6) is 0 Å². The number of nitrogens with one attached hydrogen (secondary N) is 1. The summed E-state index contributed by atoms with van der Waals surface area (Å²) < 4.78 is 18.3. The van der Waals surface area contributed by atoms with Gasteiger partial charge in [-0.25, -0.2) is 9.37 Å². The van der Waals surface area contributed by atoms with Gasteiger partial charge in [-0.15, -0.1) is 11.3 Å². The number of benzene rings is 1. The molecule has 0 aliphatic carbocycles. The second kappa shape index (κ2) is 7.67. The third-order valence-electron chi connectivity index (χ3n) is 3.68. The molecule has 3 rings (SSSR count). The molecule has 0 unspecified atom stereocenters. The molecule has 2 aromatic rings. The first-order valence-electron chi connectivity index (χ1n) is 7.57. The molecule has 0 bridgehead atoms. The van der Waals surface area contributed by atoms with Gasteiger partial charge >= 0.3 is 0 Å². The lowest BCUT2D eigenvalue weighted by atomic mass is 10.2. The SMILES string of the molecule is Fc1ccc(-c2csc(NCCCN3CCOCC3)n2)cc1. The lowest BCUT2D eigenvalue weighted by Crippen LogP contribution is -2.37. The molecule has 0 spiro atoms. The molecule has 6 heteroatoms. The molecule has 0 saturated carbocycles. The molecule has 22 heavy (non-hydrogen) atoms. The standard InChI is InChI=1S/C16H20FN3OS/c17-14-4-2-13(3-5-14)15-12-22-16(19-15)18-6-1-7-20-8-10-21-11-9-20/h2-5,12H,1,6-11H2,(H,18,19). The quantitative estimate of drug-likeness (QED) is 0.830. The van der Waals surface area contributed by atoms with Crippen molar-refractivity contribution in [2.45, 2.75) is 6.42 Å². The van der Waals surface area contributed by atoms with Crippen LogP contribution in [0, 0.1) is 5.82 Å². The lowest BCUT2D eigenvalue weighted by molar-refractivity contribution is 0.0378. The van der Waals surface area contributed by atoms with Crippen LogP contribution in [0.15, 0.2) is 29.6 Å². The van der Waals surface area contributed by atoms with Crippen molar-refractivity contribution in [1.29, 1.82) is 0 Å². The smallest absolute Gasteiger partial charge is 0.183 e. The number of thiazole rings is 1. The maximum absolute atomic E-state index is 12.9. The second-order valence-electron chi connectivity index (χ2n) is 5.28. The van der Waals surface area contributed by atoms with Crippen LogP contribution >= 0.6 is 11.3 Å². The number of morpholine rings is 1. The maximum atomic E-state index is 12.9. The highest BCUT2D eigenvalue weighted by Crippen LogP contribution is 2.24. The molecule has 1 N–H and O–H groups in total. The van der Waals surface area contributed by atoms with E-state index in [4.69, 9.17) is 4.74 Å². The molecule has 1 saturated heterocycles. The van der Waals surface area contributed by atoms with E-state index in [-0.39, 0.29) is 5.82 Å². The molecule has 0 atom stereocenters. The van der Waals surface area contributed by atoms with Gasteiger partial charge in [-0.2, -0.15) is 0 Å². The molecule has 1 aromatic heterocycles. The summed E-state index contributed by atoms with van der Waals surface area (Å²) in [5.74, 6) is -0.222. The number of nitrogens with zero attached hydrogens (tertiary/aromatic N) is 2.